The predicted octanol–water partition coefficient (Wildman–Crippen LogP) is 18.1. The fourth-order valence-corrected chi connectivity index (χ4v) is 18.2. The fourth-order valence-electron chi connectivity index (χ4n) is 14.0. The molecule has 8 aromatic rings. The number of nitrogens with zero attached hydrogens (tertiary/aromatic N) is 8. The third-order valence-corrected chi connectivity index (χ3v) is 25.3. The summed E-state index contributed by atoms with van der Waals surface area (Å²) in [5.74, 6) is -1.27. The normalized spacial score (nSPS) is 16.8. The van der Waals surface area contributed by atoms with Gasteiger partial charge in [-0.25, -0.2) is 0 Å². The van der Waals surface area contributed by atoms with E-state index in [-0.39, 0.29) is 67.4 Å². The summed E-state index contributed by atoms with van der Waals surface area (Å²) in [4.78, 5) is 108. The number of rotatable bonds is 28. The summed E-state index contributed by atoms with van der Waals surface area (Å²) in [6, 6.07) is 43.4. The average molecular weight is 1710 g/mol. The molecule has 0 radical (unpaired) electrons. The third kappa shape index (κ3) is 25.8. The average Bonchev–Trinajstić information content (AvgIpc) is 1.50. The number of alkyl halides is 3. The lowest BCUT2D eigenvalue weighted by Crippen LogP contribution is -2.40. The molecule has 4 aliphatic heterocycles. The van der Waals surface area contributed by atoms with E-state index in [1.54, 1.807) is 78.9 Å². The Kier molecular flexibility index (Phi) is 34.1. The van der Waals surface area contributed by atoms with Crippen LogP contribution in [0.25, 0.3) is 0 Å². The van der Waals surface area contributed by atoms with Gasteiger partial charge in [-0.1, -0.05) is 122 Å². The Morgan fingerprint density at radius 2 is 0.741 bits per heavy atom. The molecule has 0 aliphatic carbocycles. The molecule has 8 aromatic carbocycles. The van der Waals surface area contributed by atoms with Crippen LogP contribution in [-0.2, 0) is 6.18 Å². The van der Waals surface area contributed by atoms with Crippen molar-refractivity contribution >= 4 is 122 Å². The van der Waals surface area contributed by atoms with Crippen molar-refractivity contribution < 1.29 is 52.0 Å². The van der Waals surface area contributed by atoms with Gasteiger partial charge < -0.3 is 27.0 Å². The number of nitrogen functional groups attached to an aromatic ring is 1. The number of nitro benzene ring substituents is 4. The second-order valence-corrected chi connectivity index (χ2v) is 32.9. The maximum atomic E-state index is 12.9. The van der Waals surface area contributed by atoms with Crippen LogP contribution in [0, 0.1) is 47.4 Å². The van der Waals surface area contributed by atoms with Gasteiger partial charge in [0.05, 0.1) is 49.9 Å². The Hall–Kier alpha value is -9.35. The molecule has 4 atom stereocenters. The van der Waals surface area contributed by atoms with Crippen LogP contribution in [0.4, 0.5) is 41.6 Å². The van der Waals surface area contributed by atoms with Crippen LogP contribution in [0.3, 0.4) is 0 Å². The van der Waals surface area contributed by atoms with Crippen LogP contribution in [-0.4, -0.2) is 166 Å². The highest BCUT2D eigenvalue weighted by Crippen LogP contribution is 2.42. The number of carbonyl (C=O) groups excluding carboxylic acids is 4. The highest BCUT2D eigenvalue weighted by Gasteiger charge is 2.33. The molecule has 34 heteroatoms. The van der Waals surface area contributed by atoms with Crippen LogP contribution < -0.4 is 27.0 Å². The van der Waals surface area contributed by atoms with E-state index in [1.165, 1.54) is 77.8 Å². The number of anilines is 1. The van der Waals surface area contributed by atoms with E-state index < -0.39 is 37.3 Å². The maximum absolute atomic E-state index is 12.9. The van der Waals surface area contributed by atoms with Crippen LogP contribution >= 0.6 is 70.2 Å². The van der Waals surface area contributed by atoms with Gasteiger partial charge >= 0.3 is 6.18 Å². The van der Waals surface area contributed by atoms with E-state index in [4.69, 9.17) is 28.9 Å². The fraction of sp³-hybridized carbons (Fsp3) is 0.366. The van der Waals surface area contributed by atoms with Crippen LogP contribution in [0.5, 0.6) is 0 Å². The number of hydrogen-bond donors (Lipinski definition) is 5. The molecule has 4 heterocycles. The van der Waals surface area contributed by atoms with E-state index in [0.29, 0.717) is 85.9 Å². The minimum atomic E-state index is -4.50. The summed E-state index contributed by atoms with van der Waals surface area (Å²) < 4.78 is 38.8. The van der Waals surface area contributed by atoms with E-state index in [9.17, 15) is 72.8 Å². The summed E-state index contributed by atoms with van der Waals surface area (Å²) in [5.41, 5.74) is 6.88. The second kappa shape index (κ2) is 43.7. The molecule has 6 N–H and O–H groups in total. The quantitative estimate of drug-likeness (QED) is 0.0173. The minimum absolute atomic E-state index is 0.0775. The third-order valence-electron chi connectivity index (χ3n) is 20.2. The molecule has 0 aromatic heterocycles. The molecule has 4 aliphatic rings. The zero-order chi connectivity index (χ0) is 83.8. The number of carbonyl (C=O) groups is 4. The Morgan fingerprint density at radius 3 is 1.06 bits per heavy atom. The zero-order valence-electron chi connectivity index (χ0n) is 64.6. The number of nitrogens with one attached hydrogen (secondary N) is 4. The number of hydrogen-bond acceptors (Lipinski definition) is 21. The van der Waals surface area contributed by atoms with Gasteiger partial charge in [0.15, 0.2) is 0 Å². The molecular weight excluding hydrogens is 1620 g/mol. The lowest BCUT2D eigenvalue weighted by atomic mass is 10.1. The van der Waals surface area contributed by atoms with Gasteiger partial charge in [-0.05, 0) is 231 Å². The minimum Gasteiger partial charge on any atom is -0.399 e. The molecule has 116 heavy (non-hydrogen) atoms. The van der Waals surface area contributed by atoms with E-state index in [0.717, 1.165) is 154 Å². The Labute approximate surface area is 698 Å². The first-order valence-electron chi connectivity index (χ1n) is 38.0. The lowest BCUT2D eigenvalue weighted by Gasteiger charge is -2.22. The van der Waals surface area contributed by atoms with Crippen molar-refractivity contribution in [3.63, 3.8) is 0 Å². The van der Waals surface area contributed by atoms with Crippen molar-refractivity contribution in [2.75, 3.05) is 84.3 Å². The molecule has 0 bridgehead atoms. The first kappa shape index (κ1) is 90.6. The van der Waals surface area contributed by atoms with Gasteiger partial charge in [-0.2, -0.15) is 13.2 Å². The molecule has 25 nitrogen and oxygen atoms in total. The number of nitrogens with two attached hydrogens (primary N) is 1. The molecule has 12 rings (SSSR count). The van der Waals surface area contributed by atoms with Crippen LogP contribution in [0.15, 0.2) is 203 Å². The number of aryl methyl sites for hydroxylation is 1. The number of amides is 4. The number of halogens is 5. The Bertz CT molecular complexity index is 4830. The first-order chi connectivity index (χ1) is 55.5. The van der Waals surface area contributed by atoms with E-state index in [2.05, 4.69) is 68.6 Å². The highest BCUT2D eigenvalue weighted by atomic mass is 35.5. The molecule has 4 unspecified atom stereocenters. The molecular formula is C82H92Cl2F3N13O12S4. The standard InChI is InChI=1S/C21H24ClN3O3S.C21H22F3N3O3S.C20H22ClN3O3S.C20H24N4O3S/c1-3-24-10-4-5-16(24)13-23-21(26)15-6-9-20(19(12-15)25(27)28)29-17-7-8-18(22)14(2)11-17;1-2-26-10-4-6-16(26)13-25-20(28)14-8-9-19(18(11-14)27(29)30)31-17-7-3-5-15(12-17)21(22,23)24;1-2-23-11-5-6-15(23)13-22-20(25)14-9-10-19(17(12-14)24(26)27)28-18-8-4-3-7-16(18)21;1-2-23-10-4-6-16(23)13-22-20(25)14-8-9-19(18(11-14)24(26)27)28-17-7-3-5-15(21)12-17/h6-9,11-12,16H,3-5,10,13H2,1-2H3,(H,23,26);3,5,7-9,11-12,16H,2,4,6,10,13H2,1H3,(H,25,28);3-4,7-10,12,15H,2,5-6,11,13H2,1H3,(H,22,25);3,5,7-9,11-12,16H,2,4,6,10,13,21H2,1H3,(H,22,25). The SMILES string of the molecule is CCN1CCCC1CNC(=O)c1ccc(Sc2ccc(Cl)c(C)c2)c([N+](=O)[O-])c1.CCN1CCCC1CNC(=O)c1ccc(Sc2cccc(C(F)(F)F)c2)c([N+](=O)[O-])c1.CCN1CCCC1CNC(=O)c1ccc(Sc2cccc(N)c2)c([N+](=O)[O-])c1.CCN1CCCC1CNC(=O)c1ccc(Sc2ccccc2Cl)c([N+](=O)[O-])c1. The predicted molar refractivity (Wildman–Crippen MR) is 449 cm³/mol. The summed E-state index contributed by atoms with van der Waals surface area (Å²) in [7, 11) is 0. The largest absolute Gasteiger partial charge is 0.416 e. The summed E-state index contributed by atoms with van der Waals surface area (Å²) in [6.07, 6.45) is 4.13. The lowest BCUT2D eigenvalue weighted by molar-refractivity contribution is -0.387. The van der Waals surface area contributed by atoms with Gasteiger partial charge in [0.2, 0.25) is 0 Å². The van der Waals surface area contributed by atoms with Crippen molar-refractivity contribution in [1.29, 1.82) is 0 Å². The van der Waals surface area contributed by atoms with Crippen molar-refractivity contribution in [2.24, 2.45) is 0 Å². The van der Waals surface area contributed by atoms with Crippen molar-refractivity contribution in [2.45, 2.75) is 155 Å². The number of likely N-dealkylation sites (N-methyl/N-ethyl adjacent to an activating group) is 4. The summed E-state index contributed by atoms with van der Waals surface area (Å²) >= 11 is 16.8. The number of benzene rings is 8. The summed E-state index contributed by atoms with van der Waals surface area (Å²) in [6.45, 7) is 20.3. The van der Waals surface area contributed by atoms with Crippen molar-refractivity contribution in [3.8, 4) is 0 Å². The van der Waals surface area contributed by atoms with Crippen LogP contribution in [0.2, 0.25) is 10.0 Å². The first-order valence-corrected chi connectivity index (χ1v) is 42.0. The highest BCUT2D eigenvalue weighted by molar-refractivity contribution is 8.00. The molecule has 4 amide bonds. The Balaban J connectivity index is 0.000000177. The topological polar surface area (TPSA) is 328 Å². The van der Waals surface area contributed by atoms with E-state index >= 15 is 0 Å². The van der Waals surface area contributed by atoms with Crippen molar-refractivity contribution in [1.82, 2.24) is 40.9 Å². The number of likely N-dealkylation sites (tertiary alicyclic amines) is 4. The monoisotopic (exact) mass is 1710 g/mol. The van der Waals surface area contributed by atoms with Crippen LogP contribution in [0.1, 0.15) is 132 Å². The summed E-state index contributed by atoms with van der Waals surface area (Å²) in [5, 5.41) is 59.0. The molecule has 0 spiro atoms. The Morgan fingerprint density at radius 1 is 0.414 bits per heavy atom. The molecule has 4 saturated heterocycles. The van der Waals surface area contributed by atoms with Gasteiger partial charge in [-0.15, -0.1) is 0 Å². The smallest absolute Gasteiger partial charge is 0.399 e. The zero-order valence-corrected chi connectivity index (χ0v) is 69.4. The van der Waals surface area contributed by atoms with Gasteiger partial charge in [0, 0.05) is 127 Å². The molecule has 4 fully saturated rings. The molecule has 616 valence electrons. The van der Waals surface area contributed by atoms with E-state index in [1.807, 2.05) is 31.2 Å². The van der Waals surface area contributed by atoms with Gasteiger partial charge in [0.1, 0.15) is 0 Å². The second-order valence-electron chi connectivity index (χ2n) is 27.6. The van der Waals surface area contributed by atoms with Gasteiger partial charge in [0.25, 0.3) is 46.4 Å². The maximum Gasteiger partial charge on any atom is 0.416 e. The van der Waals surface area contributed by atoms with Gasteiger partial charge in [-0.3, -0.25) is 79.2 Å². The number of nitro groups is 4. The van der Waals surface area contributed by atoms with Crippen molar-refractivity contribution in [3.05, 3.63) is 248 Å². The molecule has 0 saturated carbocycles.